The topological polar surface area (TPSA) is 131 Å². The van der Waals surface area contributed by atoms with Crippen LogP contribution in [0.25, 0.3) is 5.70 Å². The zero-order valence-corrected chi connectivity index (χ0v) is 16.8. The third-order valence-corrected chi connectivity index (χ3v) is 5.12. The van der Waals surface area contributed by atoms with E-state index in [0.29, 0.717) is 17.8 Å². The van der Waals surface area contributed by atoms with E-state index < -0.39 is 29.7 Å². The lowest BCUT2D eigenvalue weighted by atomic mass is 9.87. The number of halogens is 3. The Morgan fingerprint density at radius 3 is 2.71 bits per heavy atom. The van der Waals surface area contributed by atoms with Crippen LogP contribution in [0.3, 0.4) is 0 Å². The molecule has 2 atom stereocenters. The molecule has 31 heavy (non-hydrogen) atoms. The van der Waals surface area contributed by atoms with Crippen LogP contribution in [0.15, 0.2) is 36.7 Å². The molecular weight excluding hydrogens is 411 g/mol. The van der Waals surface area contributed by atoms with Gasteiger partial charge in [0.05, 0.1) is 23.0 Å². The summed E-state index contributed by atoms with van der Waals surface area (Å²) in [5.41, 5.74) is 11.6. The minimum atomic E-state index is -2.95. The average Bonchev–Trinajstić information content (AvgIpc) is 2.73. The third kappa shape index (κ3) is 4.88. The molecule has 8 nitrogen and oxygen atoms in total. The predicted octanol–water partition coefficient (Wildman–Crippen LogP) is 2.27. The van der Waals surface area contributed by atoms with Crippen LogP contribution in [0.4, 0.5) is 24.8 Å². The molecule has 0 bridgehead atoms. The van der Waals surface area contributed by atoms with Crippen LogP contribution in [0.2, 0.25) is 0 Å². The Balaban J connectivity index is 1.95. The largest absolute Gasteiger partial charge is 0.403 e. The average molecular weight is 435 g/mol. The van der Waals surface area contributed by atoms with E-state index >= 15 is 0 Å². The fourth-order valence-electron chi connectivity index (χ4n) is 3.63. The number of nitrogens with one attached hydrogen (secondary N) is 3. The Hall–Kier alpha value is -3.34. The van der Waals surface area contributed by atoms with Crippen molar-refractivity contribution in [2.24, 2.45) is 11.5 Å². The van der Waals surface area contributed by atoms with Crippen molar-refractivity contribution in [3.05, 3.63) is 53.7 Å². The fourth-order valence-corrected chi connectivity index (χ4v) is 3.63. The van der Waals surface area contributed by atoms with E-state index in [9.17, 15) is 18.0 Å². The van der Waals surface area contributed by atoms with Gasteiger partial charge in [0.25, 0.3) is 11.8 Å². The number of nitrogens with zero attached hydrogens (tertiary/aromatic N) is 2. The number of hydrogen-bond acceptors (Lipinski definition) is 7. The first-order valence-electron chi connectivity index (χ1n) is 9.69. The van der Waals surface area contributed by atoms with Crippen LogP contribution < -0.4 is 27.4 Å². The molecule has 1 amide bonds. The molecule has 0 aromatic carbocycles. The van der Waals surface area contributed by atoms with Gasteiger partial charge in [-0.1, -0.05) is 6.07 Å². The Morgan fingerprint density at radius 1 is 1.32 bits per heavy atom. The number of pyridine rings is 2. The Morgan fingerprint density at radius 2 is 2.10 bits per heavy atom. The van der Waals surface area contributed by atoms with E-state index in [1.807, 2.05) is 0 Å². The van der Waals surface area contributed by atoms with Gasteiger partial charge in [-0.2, -0.15) is 0 Å². The quantitative estimate of drug-likeness (QED) is 0.451. The molecule has 2 heterocycles. The van der Waals surface area contributed by atoms with Crippen LogP contribution in [0.1, 0.15) is 35.3 Å². The summed E-state index contributed by atoms with van der Waals surface area (Å²) in [4.78, 5) is 20.1. The second-order valence-corrected chi connectivity index (χ2v) is 7.17. The highest BCUT2D eigenvalue weighted by Gasteiger charge is 2.46. The number of anilines is 2. The second kappa shape index (κ2) is 9.21. The first kappa shape index (κ1) is 22.3. The van der Waals surface area contributed by atoms with E-state index in [0.717, 1.165) is 6.07 Å². The minimum Gasteiger partial charge on any atom is -0.403 e. The summed E-state index contributed by atoms with van der Waals surface area (Å²) in [7, 11) is 1.43. The zero-order valence-electron chi connectivity index (χ0n) is 16.8. The van der Waals surface area contributed by atoms with Crippen LogP contribution in [0.5, 0.6) is 0 Å². The summed E-state index contributed by atoms with van der Waals surface area (Å²) in [6.45, 7) is 0. The molecular formula is C20H24F3N7O. The summed E-state index contributed by atoms with van der Waals surface area (Å²) in [5.74, 6) is -5.13. The summed E-state index contributed by atoms with van der Waals surface area (Å²) in [6.07, 6.45) is 3.17. The lowest BCUT2D eigenvalue weighted by molar-refractivity contribution is -0.0654. The number of likely N-dealkylation sites (N-methyl/N-ethyl adjacent to an activating group) is 1. The molecule has 7 N–H and O–H groups in total. The van der Waals surface area contributed by atoms with Crippen molar-refractivity contribution in [2.45, 2.75) is 37.3 Å². The van der Waals surface area contributed by atoms with Crippen LogP contribution in [-0.4, -0.2) is 40.9 Å². The highest BCUT2D eigenvalue weighted by atomic mass is 19.3. The summed E-state index contributed by atoms with van der Waals surface area (Å²) >= 11 is 0. The molecule has 1 unspecified atom stereocenters. The zero-order chi connectivity index (χ0) is 22.6. The Bertz CT molecular complexity index is 969. The van der Waals surface area contributed by atoms with Gasteiger partial charge in [0.1, 0.15) is 5.82 Å². The normalized spacial score (nSPS) is 20.8. The first-order chi connectivity index (χ1) is 14.8. The van der Waals surface area contributed by atoms with Crippen LogP contribution in [-0.2, 0) is 0 Å². The number of amides is 1. The molecule has 3 rings (SSSR count). The highest BCUT2D eigenvalue weighted by Crippen LogP contribution is 2.35. The molecule has 0 aliphatic heterocycles. The smallest absolute Gasteiger partial charge is 0.265 e. The summed E-state index contributed by atoms with van der Waals surface area (Å²) < 4.78 is 43.2. The molecule has 0 saturated heterocycles. The van der Waals surface area contributed by atoms with E-state index in [1.54, 1.807) is 24.4 Å². The van der Waals surface area contributed by atoms with Gasteiger partial charge < -0.3 is 27.4 Å². The monoisotopic (exact) mass is 435 g/mol. The predicted molar refractivity (Wildman–Crippen MR) is 112 cm³/mol. The SMILES string of the molecule is CN[C@@H]1C(Nc2nc(NC(=CN)c3ccccn3)c(C(N)=O)cc2F)CCCC1(F)F. The molecule has 166 valence electrons. The van der Waals surface area contributed by atoms with Crippen molar-refractivity contribution in [2.75, 3.05) is 17.7 Å². The highest BCUT2D eigenvalue weighted by molar-refractivity contribution is 5.99. The number of hydrogen-bond donors (Lipinski definition) is 5. The Labute approximate surface area is 177 Å². The van der Waals surface area contributed by atoms with Crippen molar-refractivity contribution in [1.82, 2.24) is 15.3 Å². The van der Waals surface area contributed by atoms with Gasteiger partial charge in [-0.3, -0.25) is 9.78 Å². The number of aromatic nitrogens is 2. The molecule has 11 heteroatoms. The van der Waals surface area contributed by atoms with Gasteiger partial charge in [-0.05, 0) is 38.1 Å². The van der Waals surface area contributed by atoms with E-state index in [1.165, 1.54) is 13.2 Å². The first-order valence-corrected chi connectivity index (χ1v) is 9.69. The Kier molecular flexibility index (Phi) is 6.64. The molecule has 1 aliphatic carbocycles. The van der Waals surface area contributed by atoms with Crippen LogP contribution >= 0.6 is 0 Å². The minimum absolute atomic E-state index is 0.0812. The standard InChI is InChI=1S/C20H24F3N7O/c1-26-16-14(6-4-7-20(16,22)23)28-19-12(21)9-11(17(25)31)18(30-19)29-15(10-24)13-5-2-3-8-27-13/h2-3,5,8-10,14,16,26H,4,6-7,24H2,1H3,(H2,25,31)(H2,28,29,30)/t14?,16-/m1/s1. The van der Waals surface area contributed by atoms with E-state index in [2.05, 4.69) is 25.9 Å². The number of nitrogens with two attached hydrogens (primary N) is 2. The number of alkyl halides is 2. The maximum atomic E-state index is 14.7. The van der Waals surface area contributed by atoms with E-state index in [-0.39, 0.29) is 30.0 Å². The summed E-state index contributed by atoms with van der Waals surface area (Å²) in [6, 6.07) is 4.03. The van der Waals surface area contributed by atoms with Crippen molar-refractivity contribution in [3.63, 3.8) is 0 Å². The van der Waals surface area contributed by atoms with Gasteiger partial charge in [0, 0.05) is 24.9 Å². The fraction of sp³-hybridized carbons (Fsp3) is 0.350. The lowest BCUT2D eigenvalue weighted by Crippen LogP contribution is -2.56. The van der Waals surface area contributed by atoms with Gasteiger partial charge in [-0.25, -0.2) is 18.2 Å². The molecule has 0 radical (unpaired) electrons. The van der Waals surface area contributed by atoms with Gasteiger partial charge in [-0.15, -0.1) is 0 Å². The molecule has 0 spiro atoms. The molecule has 2 aromatic heterocycles. The number of rotatable bonds is 7. The molecule has 1 aliphatic rings. The van der Waals surface area contributed by atoms with E-state index in [4.69, 9.17) is 11.5 Å². The maximum Gasteiger partial charge on any atom is 0.265 e. The third-order valence-electron chi connectivity index (χ3n) is 5.12. The van der Waals surface area contributed by atoms with Gasteiger partial charge in [0.2, 0.25) is 0 Å². The summed E-state index contributed by atoms with van der Waals surface area (Å²) in [5, 5.41) is 8.19. The molecule has 1 saturated carbocycles. The second-order valence-electron chi connectivity index (χ2n) is 7.17. The van der Waals surface area contributed by atoms with Crippen molar-refractivity contribution in [3.8, 4) is 0 Å². The van der Waals surface area contributed by atoms with Gasteiger partial charge in [0.15, 0.2) is 11.6 Å². The van der Waals surface area contributed by atoms with Crippen molar-refractivity contribution < 1.29 is 18.0 Å². The van der Waals surface area contributed by atoms with Crippen molar-refractivity contribution in [1.29, 1.82) is 0 Å². The van der Waals surface area contributed by atoms with Crippen LogP contribution in [0, 0.1) is 5.82 Å². The molecule has 2 aromatic rings. The molecule has 1 fully saturated rings. The van der Waals surface area contributed by atoms with Crippen molar-refractivity contribution >= 4 is 23.2 Å². The maximum absolute atomic E-state index is 14.7. The number of carbonyl (C=O) groups is 1. The number of carbonyl (C=O) groups excluding carboxylic acids is 1. The lowest BCUT2D eigenvalue weighted by Gasteiger charge is -2.38. The van der Waals surface area contributed by atoms with Gasteiger partial charge >= 0.3 is 0 Å². The number of primary amides is 1.